The lowest BCUT2D eigenvalue weighted by Crippen LogP contribution is -2.66. The average Bonchev–Trinajstić information content (AvgIpc) is 3.16. The van der Waals surface area contributed by atoms with Crippen molar-refractivity contribution in [2.75, 3.05) is 26.3 Å². The molecule has 1 atom stereocenters. The van der Waals surface area contributed by atoms with E-state index in [0.29, 0.717) is 25.6 Å². The Hall–Kier alpha value is -1.92. The van der Waals surface area contributed by atoms with Gasteiger partial charge in [-0.25, -0.2) is 0 Å². The fourth-order valence-electron chi connectivity index (χ4n) is 3.58. The number of rotatable bonds is 4. The van der Waals surface area contributed by atoms with E-state index in [2.05, 4.69) is 11.9 Å². The van der Waals surface area contributed by atoms with Crippen molar-refractivity contribution < 1.29 is 14.3 Å². The van der Waals surface area contributed by atoms with Crippen LogP contribution in [0, 0.1) is 19.8 Å². The SMILES string of the molecule is Cc1cc(C(=O)N2CC3(C2)OCC[C@@H]3COc2cccnc2)sc1C. The largest absolute Gasteiger partial charge is 0.492 e. The van der Waals surface area contributed by atoms with E-state index in [1.165, 1.54) is 10.4 Å². The Labute approximate surface area is 151 Å². The first-order valence-corrected chi connectivity index (χ1v) is 9.42. The summed E-state index contributed by atoms with van der Waals surface area (Å²) < 4.78 is 11.9. The lowest BCUT2D eigenvalue weighted by atomic mass is 9.81. The van der Waals surface area contributed by atoms with Gasteiger partial charge in [0.05, 0.1) is 30.8 Å². The van der Waals surface area contributed by atoms with Crippen LogP contribution in [-0.2, 0) is 4.74 Å². The molecule has 132 valence electrons. The summed E-state index contributed by atoms with van der Waals surface area (Å²) in [5, 5.41) is 0. The van der Waals surface area contributed by atoms with Crippen molar-refractivity contribution in [1.29, 1.82) is 0 Å². The average molecular weight is 358 g/mol. The predicted molar refractivity (Wildman–Crippen MR) is 96.2 cm³/mol. The van der Waals surface area contributed by atoms with E-state index in [1.54, 1.807) is 23.7 Å². The van der Waals surface area contributed by atoms with E-state index in [0.717, 1.165) is 23.7 Å². The summed E-state index contributed by atoms with van der Waals surface area (Å²) in [6.45, 7) is 6.75. The van der Waals surface area contributed by atoms with E-state index < -0.39 is 0 Å². The van der Waals surface area contributed by atoms with Gasteiger partial charge in [0.25, 0.3) is 5.91 Å². The van der Waals surface area contributed by atoms with Crippen molar-refractivity contribution in [3.8, 4) is 5.75 Å². The molecule has 0 bridgehead atoms. The van der Waals surface area contributed by atoms with Crippen molar-refractivity contribution in [3.63, 3.8) is 0 Å². The minimum absolute atomic E-state index is 0.120. The summed E-state index contributed by atoms with van der Waals surface area (Å²) in [6.07, 6.45) is 4.43. The number of pyridine rings is 1. The molecule has 2 saturated heterocycles. The van der Waals surface area contributed by atoms with Crippen LogP contribution < -0.4 is 4.74 Å². The molecule has 2 aliphatic heterocycles. The number of aryl methyl sites for hydroxylation is 2. The first-order chi connectivity index (χ1) is 12.1. The summed E-state index contributed by atoms with van der Waals surface area (Å²) in [4.78, 5) is 20.7. The Bertz CT molecular complexity index is 749. The molecule has 2 fully saturated rings. The normalized spacial score (nSPS) is 21.4. The zero-order valence-electron chi connectivity index (χ0n) is 14.5. The number of hydrogen-bond acceptors (Lipinski definition) is 5. The molecule has 0 aliphatic carbocycles. The maximum absolute atomic E-state index is 12.7. The third-order valence-electron chi connectivity index (χ3n) is 5.27. The van der Waals surface area contributed by atoms with E-state index >= 15 is 0 Å². The smallest absolute Gasteiger partial charge is 0.264 e. The Morgan fingerprint density at radius 3 is 3.00 bits per heavy atom. The van der Waals surface area contributed by atoms with E-state index in [1.807, 2.05) is 30.0 Å². The van der Waals surface area contributed by atoms with Gasteiger partial charge in [0.1, 0.15) is 11.4 Å². The summed E-state index contributed by atoms with van der Waals surface area (Å²) in [7, 11) is 0. The number of carbonyl (C=O) groups excluding carboxylic acids is 1. The summed E-state index contributed by atoms with van der Waals surface area (Å²) >= 11 is 1.58. The van der Waals surface area contributed by atoms with E-state index in [-0.39, 0.29) is 11.5 Å². The molecule has 2 aromatic heterocycles. The van der Waals surface area contributed by atoms with Gasteiger partial charge in [-0.05, 0) is 44.0 Å². The number of nitrogens with zero attached hydrogens (tertiary/aromatic N) is 2. The van der Waals surface area contributed by atoms with E-state index in [4.69, 9.17) is 9.47 Å². The number of hydrogen-bond donors (Lipinski definition) is 0. The highest BCUT2D eigenvalue weighted by Crippen LogP contribution is 2.41. The van der Waals surface area contributed by atoms with Crippen LogP contribution >= 0.6 is 11.3 Å². The Morgan fingerprint density at radius 1 is 1.48 bits per heavy atom. The number of ether oxygens (including phenoxy) is 2. The Balaban J connectivity index is 1.37. The fourth-order valence-corrected chi connectivity index (χ4v) is 4.58. The van der Waals surface area contributed by atoms with Gasteiger partial charge in [-0.2, -0.15) is 0 Å². The Kier molecular flexibility index (Phi) is 4.25. The quantitative estimate of drug-likeness (QED) is 0.843. The van der Waals surface area contributed by atoms with Crippen molar-refractivity contribution >= 4 is 17.2 Å². The highest BCUT2D eigenvalue weighted by atomic mass is 32.1. The number of thiophene rings is 1. The van der Waals surface area contributed by atoms with Crippen LogP contribution in [0.3, 0.4) is 0 Å². The second-order valence-corrected chi connectivity index (χ2v) is 8.17. The number of likely N-dealkylation sites (tertiary alicyclic amines) is 1. The topological polar surface area (TPSA) is 51.7 Å². The maximum atomic E-state index is 12.7. The molecule has 5 nitrogen and oxygen atoms in total. The molecule has 0 N–H and O–H groups in total. The molecule has 25 heavy (non-hydrogen) atoms. The van der Waals surface area contributed by atoms with Gasteiger partial charge < -0.3 is 14.4 Å². The lowest BCUT2D eigenvalue weighted by molar-refractivity contribution is -0.122. The third-order valence-corrected chi connectivity index (χ3v) is 6.41. The molecule has 1 amide bonds. The highest BCUT2D eigenvalue weighted by Gasteiger charge is 2.54. The van der Waals surface area contributed by atoms with Crippen molar-refractivity contribution in [2.45, 2.75) is 25.9 Å². The molecule has 2 aromatic rings. The third kappa shape index (κ3) is 3.04. The van der Waals surface area contributed by atoms with E-state index in [9.17, 15) is 4.79 Å². The van der Waals surface area contributed by atoms with Gasteiger partial charge in [0, 0.05) is 23.6 Å². The van der Waals surface area contributed by atoms with Crippen LogP contribution in [0.1, 0.15) is 26.5 Å². The summed E-state index contributed by atoms with van der Waals surface area (Å²) in [6, 6.07) is 5.77. The lowest BCUT2D eigenvalue weighted by Gasteiger charge is -2.49. The van der Waals surface area contributed by atoms with Crippen molar-refractivity contribution in [3.05, 3.63) is 45.9 Å². The van der Waals surface area contributed by atoms with Crippen molar-refractivity contribution in [2.24, 2.45) is 5.92 Å². The fraction of sp³-hybridized carbons (Fsp3) is 0.474. The second-order valence-electron chi connectivity index (χ2n) is 6.91. The molecule has 4 rings (SSSR count). The van der Waals surface area contributed by atoms with Gasteiger partial charge in [-0.1, -0.05) is 0 Å². The molecule has 1 spiro atoms. The molecule has 4 heterocycles. The van der Waals surface area contributed by atoms with Crippen LogP contribution in [0.4, 0.5) is 0 Å². The molecule has 0 radical (unpaired) electrons. The monoisotopic (exact) mass is 358 g/mol. The number of aromatic nitrogens is 1. The van der Waals surface area contributed by atoms with Crippen LogP contribution in [-0.4, -0.2) is 47.7 Å². The molecule has 0 unspecified atom stereocenters. The van der Waals surface area contributed by atoms with Gasteiger partial charge in [0.15, 0.2) is 0 Å². The standard InChI is InChI=1S/C19H22N2O3S/c1-13-8-17(25-14(13)2)18(22)21-11-19(12-21)15(5-7-24-19)10-23-16-4-3-6-20-9-16/h3-4,6,8-9,15H,5,7,10-12H2,1-2H3/t15-/m1/s1. The molecule has 0 aromatic carbocycles. The molecule has 0 saturated carbocycles. The van der Waals surface area contributed by atoms with Gasteiger partial charge in [-0.3, -0.25) is 9.78 Å². The van der Waals surface area contributed by atoms with Gasteiger partial charge >= 0.3 is 0 Å². The molecular weight excluding hydrogens is 336 g/mol. The number of carbonyl (C=O) groups is 1. The van der Waals surface area contributed by atoms with Gasteiger partial charge in [0.2, 0.25) is 0 Å². The zero-order valence-corrected chi connectivity index (χ0v) is 15.3. The van der Waals surface area contributed by atoms with Crippen LogP contribution in [0.5, 0.6) is 5.75 Å². The zero-order chi connectivity index (χ0) is 17.4. The highest BCUT2D eigenvalue weighted by molar-refractivity contribution is 7.14. The molecular formula is C19H22N2O3S. The molecule has 2 aliphatic rings. The second kappa shape index (κ2) is 6.42. The maximum Gasteiger partial charge on any atom is 0.264 e. The van der Waals surface area contributed by atoms with Crippen molar-refractivity contribution in [1.82, 2.24) is 9.88 Å². The predicted octanol–water partition coefficient (Wildman–Crippen LogP) is 3.07. The van der Waals surface area contributed by atoms with Gasteiger partial charge in [-0.15, -0.1) is 11.3 Å². The minimum atomic E-state index is -0.237. The Morgan fingerprint density at radius 2 is 2.32 bits per heavy atom. The first kappa shape index (κ1) is 16.5. The first-order valence-electron chi connectivity index (χ1n) is 8.60. The summed E-state index contributed by atoms with van der Waals surface area (Å²) in [5.41, 5.74) is 0.947. The van der Waals surface area contributed by atoms with Crippen LogP contribution in [0.2, 0.25) is 0 Å². The number of amides is 1. The minimum Gasteiger partial charge on any atom is -0.492 e. The molecule has 6 heteroatoms. The summed E-state index contributed by atoms with van der Waals surface area (Å²) in [5.74, 6) is 1.21. The van der Waals surface area contributed by atoms with Crippen LogP contribution in [0.25, 0.3) is 0 Å². The van der Waals surface area contributed by atoms with Crippen LogP contribution in [0.15, 0.2) is 30.6 Å².